The van der Waals surface area contributed by atoms with Crippen molar-refractivity contribution in [1.82, 2.24) is 0 Å². The lowest BCUT2D eigenvalue weighted by atomic mass is 9.99. The molecule has 0 aliphatic rings. The van der Waals surface area contributed by atoms with Crippen LogP contribution < -0.4 is 0 Å². The molecule has 0 amide bonds. The van der Waals surface area contributed by atoms with E-state index in [9.17, 15) is 14.4 Å². The molecule has 0 N–H and O–H groups in total. The molecule has 0 bridgehead atoms. The third-order valence-electron chi connectivity index (χ3n) is 10.3. The summed E-state index contributed by atoms with van der Waals surface area (Å²) >= 11 is 0. The summed E-state index contributed by atoms with van der Waals surface area (Å²) in [5.74, 6) is 0.778. The minimum absolute atomic E-state index is 0.0657. The molecule has 1 unspecified atom stereocenters. The smallest absolute Gasteiger partial charge is 0.306 e. The van der Waals surface area contributed by atoms with E-state index in [0.717, 1.165) is 69.6 Å². The average Bonchev–Trinajstić information content (AvgIpc) is 3.11. The van der Waals surface area contributed by atoms with Gasteiger partial charge in [-0.25, -0.2) is 0 Å². The number of rotatable bonds is 39. The summed E-state index contributed by atoms with van der Waals surface area (Å²) in [6.07, 6.45) is 35.1. The van der Waals surface area contributed by atoms with Gasteiger partial charge in [-0.05, 0) is 31.1 Å². The molecule has 2 atom stereocenters. The normalized spacial score (nSPS) is 12.6. The molecular weight excluding hydrogens is 636 g/mol. The van der Waals surface area contributed by atoms with Crippen LogP contribution in [0.25, 0.3) is 0 Å². The third kappa shape index (κ3) is 38.0. The first-order valence-corrected chi connectivity index (χ1v) is 22.3. The Morgan fingerprint density at radius 3 is 1.12 bits per heavy atom. The number of esters is 3. The van der Waals surface area contributed by atoms with Crippen molar-refractivity contribution in [3.8, 4) is 0 Å². The maximum atomic E-state index is 12.7. The predicted molar refractivity (Wildman–Crippen MR) is 215 cm³/mol. The molecule has 0 radical (unpaired) electrons. The molecule has 0 heterocycles. The van der Waals surface area contributed by atoms with Gasteiger partial charge in [0.1, 0.15) is 13.2 Å². The molecule has 0 aromatic carbocycles. The van der Waals surface area contributed by atoms with E-state index in [-0.39, 0.29) is 31.1 Å². The van der Waals surface area contributed by atoms with E-state index in [1.807, 2.05) is 0 Å². The predicted octanol–water partition coefficient (Wildman–Crippen LogP) is 13.8. The number of carbonyl (C=O) groups is 3. The largest absolute Gasteiger partial charge is 0.462 e. The summed E-state index contributed by atoms with van der Waals surface area (Å²) in [4.78, 5) is 37.6. The Kier molecular flexibility index (Phi) is 37.0. The van der Waals surface area contributed by atoms with E-state index >= 15 is 0 Å². The molecule has 0 fully saturated rings. The zero-order valence-electron chi connectivity index (χ0n) is 34.7. The Labute approximate surface area is 317 Å². The van der Waals surface area contributed by atoms with Crippen LogP contribution in [-0.2, 0) is 28.6 Å². The summed E-state index contributed by atoms with van der Waals surface area (Å²) in [6.45, 7) is 11.3. The van der Waals surface area contributed by atoms with Gasteiger partial charge in [-0.15, -0.1) is 0 Å². The molecule has 6 heteroatoms. The summed E-state index contributed by atoms with van der Waals surface area (Å²) < 4.78 is 16.7. The Hall–Kier alpha value is -1.59. The number of hydrogen-bond acceptors (Lipinski definition) is 6. The van der Waals surface area contributed by atoms with Crippen molar-refractivity contribution in [2.24, 2.45) is 11.8 Å². The molecule has 0 aromatic heterocycles. The van der Waals surface area contributed by atoms with Crippen molar-refractivity contribution in [2.75, 3.05) is 13.2 Å². The second-order valence-corrected chi connectivity index (χ2v) is 16.1. The van der Waals surface area contributed by atoms with E-state index in [1.54, 1.807) is 0 Å². The van der Waals surface area contributed by atoms with Gasteiger partial charge in [0.25, 0.3) is 0 Å². The number of unbranched alkanes of at least 4 members (excludes halogenated alkanes) is 23. The van der Waals surface area contributed by atoms with Crippen LogP contribution in [0.15, 0.2) is 0 Å². The van der Waals surface area contributed by atoms with Crippen molar-refractivity contribution in [2.45, 2.75) is 246 Å². The van der Waals surface area contributed by atoms with E-state index in [1.165, 1.54) is 128 Å². The Balaban J connectivity index is 4.36. The van der Waals surface area contributed by atoms with Gasteiger partial charge in [0.2, 0.25) is 0 Å². The minimum Gasteiger partial charge on any atom is -0.462 e. The van der Waals surface area contributed by atoms with Gasteiger partial charge in [-0.1, -0.05) is 202 Å². The van der Waals surface area contributed by atoms with Gasteiger partial charge in [-0.3, -0.25) is 14.4 Å². The van der Waals surface area contributed by atoms with Crippen molar-refractivity contribution >= 4 is 17.9 Å². The molecular formula is C45H86O6. The Morgan fingerprint density at radius 2 is 0.745 bits per heavy atom. The summed E-state index contributed by atoms with van der Waals surface area (Å²) in [5.41, 5.74) is 0. The highest BCUT2D eigenvalue weighted by molar-refractivity contribution is 5.71. The lowest BCUT2D eigenvalue weighted by Gasteiger charge is -2.18. The molecule has 0 aliphatic carbocycles. The third-order valence-corrected chi connectivity index (χ3v) is 10.3. The van der Waals surface area contributed by atoms with Crippen LogP contribution in [-0.4, -0.2) is 37.2 Å². The van der Waals surface area contributed by atoms with Crippen LogP contribution in [0.3, 0.4) is 0 Å². The highest BCUT2D eigenvalue weighted by Crippen LogP contribution is 2.17. The van der Waals surface area contributed by atoms with Crippen LogP contribution in [0, 0.1) is 11.8 Å². The fourth-order valence-corrected chi connectivity index (χ4v) is 6.54. The van der Waals surface area contributed by atoms with Crippen molar-refractivity contribution in [1.29, 1.82) is 0 Å². The first-order valence-electron chi connectivity index (χ1n) is 22.3. The summed E-state index contributed by atoms with van der Waals surface area (Å²) in [6, 6.07) is 0. The Bertz CT molecular complexity index is 781. The SMILES string of the molecule is CCCCCCCCCCCCC(=O)OC[C@@H](COC(=O)CCCCCCCCCCC(C)C)OC(=O)CCCCCCCCCCC(C)CC. The van der Waals surface area contributed by atoms with Gasteiger partial charge in [0, 0.05) is 19.3 Å². The zero-order valence-corrected chi connectivity index (χ0v) is 34.7. The first-order chi connectivity index (χ1) is 24.8. The molecule has 302 valence electrons. The van der Waals surface area contributed by atoms with Crippen molar-refractivity contribution in [3.63, 3.8) is 0 Å². The van der Waals surface area contributed by atoms with Crippen LogP contribution in [0.5, 0.6) is 0 Å². The van der Waals surface area contributed by atoms with E-state index in [4.69, 9.17) is 14.2 Å². The van der Waals surface area contributed by atoms with Gasteiger partial charge >= 0.3 is 17.9 Å². The standard InChI is InChI=1S/C45H86O6/c1-6-8-9-10-11-12-13-20-25-30-35-43(46)49-38-42(39-50-44(47)36-31-26-21-16-14-18-23-28-33-40(3)4)51-45(48)37-32-27-22-17-15-19-24-29-34-41(5)7-2/h40-42H,6-39H2,1-5H3/t41?,42-/m0/s1. The zero-order chi connectivity index (χ0) is 37.6. The lowest BCUT2D eigenvalue weighted by molar-refractivity contribution is -0.167. The van der Waals surface area contributed by atoms with Gasteiger partial charge in [0.15, 0.2) is 6.10 Å². The van der Waals surface area contributed by atoms with Crippen LogP contribution in [0.2, 0.25) is 0 Å². The second kappa shape index (κ2) is 38.1. The molecule has 0 saturated carbocycles. The fourth-order valence-electron chi connectivity index (χ4n) is 6.54. The molecule has 0 spiro atoms. The summed E-state index contributed by atoms with van der Waals surface area (Å²) in [5, 5.41) is 0. The molecule has 0 saturated heterocycles. The molecule has 0 aromatic rings. The topological polar surface area (TPSA) is 78.9 Å². The highest BCUT2D eigenvalue weighted by Gasteiger charge is 2.19. The van der Waals surface area contributed by atoms with E-state index in [2.05, 4.69) is 34.6 Å². The minimum atomic E-state index is -0.760. The van der Waals surface area contributed by atoms with E-state index < -0.39 is 6.10 Å². The van der Waals surface area contributed by atoms with Gasteiger partial charge < -0.3 is 14.2 Å². The van der Waals surface area contributed by atoms with Crippen molar-refractivity contribution < 1.29 is 28.6 Å². The highest BCUT2D eigenvalue weighted by atomic mass is 16.6. The summed E-state index contributed by atoms with van der Waals surface area (Å²) in [7, 11) is 0. The maximum absolute atomic E-state index is 12.7. The van der Waals surface area contributed by atoms with Gasteiger partial charge in [-0.2, -0.15) is 0 Å². The maximum Gasteiger partial charge on any atom is 0.306 e. The lowest BCUT2D eigenvalue weighted by Crippen LogP contribution is -2.30. The quantitative estimate of drug-likeness (QED) is 0.0357. The Morgan fingerprint density at radius 1 is 0.412 bits per heavy atom. The molecule has 0 aliphatic heterocycles. The molecule has 0 rings (SSSR count). The monoisotopic (exact) mass is 723 g/mol. The number of hydrogen-bond donors (Lipinski definition) is 0. The van der Waals surface area contributed by atoms with Crippen LogP contribution >= 0.6 is 0 Å². The average molecular weight is 723 g/mol. The first kappa shape index (κ1) is 49.4. The van der Waals surface area contributed by atoms with Crippen LogP contribution in [0.1, 0.15) is 240 Å². The number of ether oxygens (including phenoxy) is 3. The van der Waals surface area contributed by atoms with E-state index in [0.29, 0.717) is 19.3 Å². The second-order valence-electron chi connectivity index (χ2n) is 16.1. The molecule has 6 nitrogen and oxygen atoms in total. The fraction of sp³-hybridized carbons (Fsp3) is 0.933. The van der Waals surface area contributed by atoms with Crippen LogP contribution in [0.4, 0.5) is 0 Å². The molecule has 51 heavy (non-hydrogen) atoms. The van der Waals surface area contributed by atoms with Crippen molar-refractivity contribution in [3.05, 3.63) is 0 Å². The number of carbonyl (C=O) groups excluding carboxylic acids is 3. The van der Waals surface area contributed by atoms with Gasteiger partial charge in [0.05, 0.1) is 0 Å².